The maximum Gasteiger partial charge on any atom is 0.416 e. The Labute approximate surface area is 813 Å². The van der Waals surface area contributed by atoms with Crippen molar-refractivity contribution in [2.45, 2.75) is 141 Å². The monoisotopic (exact) mass is 1970 g/mol. The maximum atomic E-state index is 13.0. The van der Waals surface area contributed by atoms with E-state index in [-0.39, 0.29) is 28.3 Å². The average Bonchev–Trinajstić information content (AvgIpc) is 1.69. The summed E-state index contributed by atoms with van der Waals surface area (Å²) in [6.07, 6.45) is 4.90. The predicted molar refractivity (Wildman–Crippen MR) is 532 cm³/mol. The topological polar surface area (TPSA) is 392 Å². The third-order valence-corrected chi connectivity index (χ3v) is 23.9. The van der Waals surface area contributed by atoms with Crippen LogP contribution in [0.25, 0.3) is 44.1 Å². The van der Waals surface area contributed by atoms with E-state index in [1.54, 1.807) is 122 Å². The number of benzene rings is 8. The van der Waals surface area contributed by atoms with Crippen molar-refractivity contribution >= 4 is 166 Å². The molecule has 20 rings (SSSR count). The van der Waals surface area contributed by atoms with E-state index in [4.69, 9.17) is 4.98 Å². The number of carbonyl (C=O) groups excluding carboxylic acids is 4. The number of hydrogen-bond acceptors (Lipinski definition) is 21. The molecule has 3 aliphatic rings. The van der Waals surface area contributed by atoms with Crippen molar-refractivity contribution in [2.24, 2.45) is 0 Å². The number of amides is 4. The van der Waals surface area contributed by atoms with Crippen LogP contribution in [0.5, 0.6) is 0 Å². The zero-order chi connectivity index (χ0) is 101. The van der Waals surface area contributed by atoms with Crippen molar-refractivity contribution in [2.75, 3.05) is 63.8 Å². The minimum atomic E-state index is -4.51. The van der Waals surface area contributed by atoms with Gasteiger partial charge in [-0.05, 0) is 246 Å². The van der Waals surface area contributed by atoms with Crippen LogP contribution in [-0.4, -0.2) is 107 Å². The van der Waals surface area contributed by atoms with Crippen molar-refractivity contribution in [3.63, 3.8) is 0 Å². The van der Waals surface area contributed by atoms with Crippen LogP contribution in [0.2, 0.25) is 0 Å². The molecule has 0 bridgehead atoms. The number of alkyl halides is 12. The lowest BCUT2D eigenvalue weighted by Gasteiger charge is -2.23. The highest BCUT2D eigenvalue weighted by atomic mass is 19.4. The number of fused-ring (bicyclic) bond motifs is 4. The molecule has 8 aromatic carbocycles. The van der Waals surface area contributed by atoms with Crippen LogP contribution >= 0.6 is 0 Å². The lowest BCUT2D eigenvalue weighted by Crippen LogP contribution is -2.23. The number of aryl methyl sites for hydroxylation is 4. The Kier molecular flexibility index (Phi) is 29.0. The van der Waals surface area contributed by atoms with Crippen LogP contribution in [0, 0.1) is 27.7 Å². The standard InChI is InChI=1S/C27H27F3N6O.C26H20F3N7O.C26H25F3N6O.C24H21F3N6O/c1-16-10-11-17(25(37)32-20-9-5-6-18(15-20)27(28,29)30)14-22(16)34-24-23-21(12-13-31-23)35-26(36-24)33-19-7-3-2-4-8-19;1-15-5-6-16(24(37)32-19-4-2-3-17(14-19)26(27,28)29)13-21(15)34-23-22-20(9-12-31-22)35-25(36-23)33-18-7-10-30-11-8-18;1-15-9-10-16(24(36)31-19-8-4-5-17(14-19)26(27,28)29)13-21(15)33-23-22-20(11-12-30-22)34-25(35-23)32-18-6-2-3-7-18;1-13-5-6-14(22(34)29-17-4-2-3-15(12-17)24(25,26)27)11-19(13)31-21-20-18(9-10-28-20)32-23(33-21)30-16-7-8-16/h5-6,9-15,19,31H,2-4,7-8H2,1H3,(H,32,37)(H2,33,34,35,36);2-14,31H,1H3,(H,32,37)(H2,30,33,34,35,36);4-5,8-14,18,30H,2-3,6-7H2,1H3,(H,31,36)(H2,32,33,34,35);2-6,9-12,16,28H,7-8H2,1H3,(H,29,34)(H2,30,31,32,33). The number of H-pyrrole nitrogens is 4. The van der Waals surface area contributed by atoms with Gasteiger partial charge < -0.3 is 83.7 Å². The quantitative estimate of drug-likeness (QED) is 0.0250. The summed E-state index contributed by atoms with van der Waals surface area (Å²) >= 11 is 0. The molecule has 0 radical (unpaired) electrons. The summed E-state index contributed by atoms with van der Waals surface area (Å²) < 4.78 is 156. The molecule has 41 heteroatoms. The van der Waals surface area contributed by atoms with E-state index >= 15 is 0 Å². The van der Waals surface area contributed by atoms with E-state index < -0.39 is 70.6 Å². The Bertz CT molecular complexity index is 7560. The van der Waals surface area contributed by atoms with E-state index in [2.05, 4.69) is 124 Å². The number of carbonyl (C=O) groups is 4. The molecule has 0 spiro atoms. The smallest absolute Gasteiger partial charge is 0.357 e. The Morgan fingerprint density at radius 1 is 0.278 bits per heavy atom. The van der Waals surface area contributed by atoms with Gasteiger partial charge in [0.05, 0.1) is 44.3 Å². The van der Waals surface area contributed by atoms with Gasteiger partial charge in [-0.2, -0.15) is 72.6 Å². The molecule has 3 fully saturated rings. The van der Waals surface area contributed by atoms with E-state index in [1.807, 2.05) is 52.0 Å². The molecular weight excluding hydrogens is 1880 g/mol. The zero-order valence-corrected chi connectivity index (χ0v) is 77.3. The molecule has 9 heterocycles. The van der Waals surface area contributed by atoms with Crippen LogP contribution in [0.3, 0.4) is 0 Å². The van der Waals surface area contributed by atoms with Crippen LogP contribution in [0.1, 0.15) is 157 Å². The van der Waals surface area contributed by atoms with Gasteiger partial charge in [0.2, 0.25) is 23.8 Å². The van der Waals surface area contributed by atoms with Gasteiger partial charge in [-0.25, -0.2) is 19.9 Å². The predicted octanol–water partition coefficient (Wildman–Crippen LogP) is 25.9. The molecule has 0 atom stereocenters. The molecule has 4 amide bonds. The number of halogens is 12. The second-order valence-corrected chi connectivity index (χ2v) is 34.7. The van der Waals surface area contributed by atoms with Crippen molar-refractivity contribution < 1.29 is 71.9 Å². The highest BCUT2D eigenvalue weighted by Gasteiger charge is 2.35. The number of nitrogens with zero attached hydrogens (tertiary/aromatic N) is 9. The van der Waals surface area contributed by atoms with E-state index in [0.717, 1.165) is 148 Å². The summed E-state index contributed by atoms with van der Waals surface area (Å²) in [6, 6.07) is 50.3. The van der Waals surface area contributed by atoms with Crippen LogP contribution in [-0.2, 0) is 24.7 Å². The Morgan fingerprint density at radius 3 is 0.806 bits per heavy atom. The van der Waals surface area contributed by atoms with Crippen molar-refractivity contribution in [1.29, 1.82) is 0 Å². The van der Waals surface area contributed by atoms with Gasteiger partial charge >= 0.3 is 24.7 Å². The molecular formula is C103H93F12N25O4. The van der Waals surface area contributed by atoms with Gasteiger partial charge in [0.25, 0.3) is 23.6 Å². The van der Waals surface area contributed by atoms with Gasteiger partial charge in [-0.3, -0.25) is 24.2 Å². The highest BCUT2D eigenvalue weighted by molar-refractivity contribution is 6.08. The van der Waals surface area contributed by atoms with Gasteiger partial charge in [0, 0.05) is 129 Å². The minimum absolute atomic E-state index is 0.0469. The Hall–Kier alpha value is -17.2. The number of aromatic nitrogens is 13. The SMILES string of the molecule is Cc1ccc(C(=O)Nc2cccc(C(F)(F)F)c2)cc1Nc1nc(NC2CC2)nc2cc[nH]c12.Cc1ccc(C(=O)Nc2cccc(C(F)(F)F)c2)cc1Nc1nc(NC2CCCC2)nc2cc[nH]c12.Cc1ccc(C(=O)Nc2cccc(C(F)(F)F)c2)cc1Nc1nc(NC2CCCCC2)nc2cc[nH]c12.Cc1ccc(C(=O)Nc2cccc(C(F)(F)F)c2)cc1Nc1nc(Nc2ccncc2)nc2cc[nH]c12. The highest BCUT2D eigenvalue weighted by Crippen LogP contribution is 2.40. The van der Waals surface area contributed by atoms with Crippen molar-refractivity contribution in [3.8, 4) is 0 Å². The molecule has 16 N–H and O–H groups in total. The fourth-order valence-corrected chi connectivity index (χ4v) is 16.1. The van der Waals surface area contributed by atoms with Crippen molar-refractivity contribution in [3.05, 3.63) is 310 Å². The van der Waals surface area contributed by atoms with Crippen LogP contribution in [0.4, 0.5) is 151 Å². The zero-order valence-electron chi connectivity index (χ0n) is 77.3. The second-order valence-electron chi connectivity index (χ2n) is 34.7. The second kappa shape index (κ2) is 42.5. The molecule has 738 valence electrons. The van der Waals surface area contributed by atoms with E-state index in [9.17, 15) is 71.9 Å². The number of aromatic amines is 4. The Morgan fingerprint density at radius 2 is 0.535 bits per heavy atom. The molecule has 0 aliphatic heterocycles. The molecule has 144 heavy (non-hydrogen) atoms. The Balaban J connectivity index is 0.000000132. The van der Waals surface area contributed by atoms with Crippen molar-refractivity contribution in [1.82, 2.24) is 64.8 Å². The largest absolute Gasteiger partial charge is 0.416 e. The van der Waals surface area contributed by atoms with Gasteiger partial charge in [0.15, 0.2) is 23.3 Å². The number of hydrogen-bond donors (Lipinski definition) is 16. The average molecular weight is 1970 g/mol. The van der Waals surface area contributed by atoms with E-state index in [0.29, 0.717) is 116 Å². The minimum Gasteiger partial charge on any atom is -0.357 e. The molecule has 3 aliphatic carbocycles. The molecule has 0 unspecified atom stereocenters. The number of pyridine rings is 1. The summed E-state index contributed by atoms with van der Waals surface area (Å²) in [4.78, 5) is 105. The molecule has 9 aromatic heterocycles. The number of anilines is 17. The first-order valence-corrected chi connectivity index (χ1v) is 45.9. The normalized spacial score (nSPS) is 13.4. The lowest BCUT2D eigenvalue weighted by molar-refractivity contribution is -0.138. The third kappa shape index (κ3) is 25.0. The van der Waals surface area contributed by atoms with E-state index in [1.165, 1.54) is 80.6 Å². The molecule has 29 nitrogen and oxygen atoms in total. The van der Waals surface area contributed by atoms with Gasteiger partial charge in [-0.15, -0.1) is 0 Å². The summed E-state index contributed by atoms with van der Waals surface area (Å²) in [5.74, 6) is 2.00. The first-order valence-electron chi connectivity index (χ1n) is 45.9. The summed E-state index contributed by atoms with van der Waals surface area (Å²) in [6.45, 7) is 7.53. The third-order valence-electron chi connectivity index (χ3n) is 23.9. The maximum absolute atomic E-state index is 13.0. The fraction of sp³-hybridized carbons (Fsp3) is 0.214. The molecule has 0 saturated heterocycles. The number of rotatable bonds is 24. The first-order chi connectivity index (χ1) is 69.0. The molecule has 17 aromatic rings. The van der Waals surface area contributed by atoms with Gasteiger partial charge in [0.1, 0.15) is 22.1 Å². The summed E-state index contributed by atoms with van der Waals surface area (Å²) in [5, 5.41) is 36.6. The number of nitrogens with one attached hydrogen (secondary N) is 16. The summed E-state index contributed by atoms with van der Waals surface area (Å²) in [7, 11) is 0. The molecule has 3 saturated carbocycles. The fourth-order valence-electron chi connectivity index (χ4n) is 16.1. The lowest BCUT2D eigenvalue weighted by atomic mass is 9.96. The van der Waals surface area contributed by atoms with Gasteiger partial charge in [-0.1, -0.05) is 80.6 Å². The van der Waals surface area contributed by atoms with Crippen LogP contribution < -0.4 is 63.8 Å². The van der Waals surface area contributed by atoms with Crippen LogP contribution in [0.15, 0.2) is 243 Å². The summed E-state index contributed by atoms with van der Waals surface area (Å²) in [5.41, 5.74) is 10.6. The first kappa shape index (κ1) is 98.4.